The Balaban J connectivity index is 2.33. The molecule has 3 heteroatoms. The molecule has 1 aliphatic rings. The fourth-order valence-electron chi connectivity index (χ4n) is 0.919. The summed E-state index contributed by atoms with van der Waals surface area (Å²) in [5, 5.41) is 0. The average Bonchev–Trinajstić information content (AvgIpc) is 1.65. The molecule has 0 aromatic carbocycles. The van der Waals surface area contributed by atoms with Crippen LogP contribution in [-0.2, 0) is 4.74 Å². The van der Waals surface area contributed by atoms with Gasteiger partial charge in [0.15, 0.2) is 0 Å². The van der Waals surface area contributed by atoms with Crippen molar-refractivity contribution in [2.24, 2.45) is 0 Å². The monoisotopic (exact) mass is 148 g/mol. The lowest BCUT2D eigenvalue weighted by molar-refractivity contribution is 0.0457. The van der Waals surface area contributed by atoms with Gasteiger partial charge < -0.3 is 4.74 Å². The van der Waals surface area contributed by atoms with Gasteiger partial charge in [-0.15, -0.1) is 12.6 Å². The van der Waals surface area contributed by atoms with E-state index in [1.54, 1.807) is 0 Å². The van der Waals surface area contributed by atoms with E-state index >= 15 is 0 Å². The fraction of sp³-hybridized carbons (Fsp3) is 1.00. The first-order valence-corrected chi connectivity index (χ1v) is 4.52. The van der Waals surface area contributed by atoms with Crippen LogP contribution in [0, 0.1) is 0 Å². The van der Waals surface area contributed by atoms with Crippen molar-refractivity contribution in [2.45, 2.75) is 23.8 Å². The molecule has 0 aromatic heterocycles. The van der Waals surface area contributed by atoms with Crippen LogP contribution < -0.4 is 0 Å². The highest BCUT2D eigenvalue weighted by atomic mass is 32.1. The molecule has 1 atom stereocenters. The van der Waals surface area contributed by atoms with Crippen LogP contribution in [0.4, 0.5) is 0 Å². The number of hydrogen-bond acceptors (Lipinski definition) is 2. The van der Waals surface area contributed by atoms with E-state index in [0.29, 0.717) is 0 Å². The van der Waals surface area contributed by atoms with Crippen molar-refractivity contribution in [2.75, 3.05) is 6.61 Å². The van der Waals surface area contributed by atoms with E-state index in [1.807, 2.05) is 0 Å². The molecule has 0 aliphatic carbocycles. The molecule has 0 amide bonds. The zero-order valence-electron chi connectivity index (χ0n) is 5.18. The maximum atomic E-state index is 5.39. The van der Waals surface area contributed by atoms with Crippen molar-refractivity contribution < 1.29 is 4.74 Å². The number of hydrogen-bond donors (Lipinski definition) is 1. The van der Waals surface area contributed by atoms with Crippen LogP contribution in [0.1, 0.15) is 19.3 Å². The molecule has 0 radical (unpaired) electrons. The van der Waals surface area contributed by atoms with Gasteiger partial charge in [-0.2, -0.15) is 0 Å². The van der Waals surface area contributed by atoms with E-state index in [-0.39, 0.29) is 4.56 Å². The van der Waals surface area contributed by atoms with Gasteiger partial charge in [0.25, 0.3) is 0 Å². The van der Waals surface area contributed by atoms with Gasteiger partial charge in [-0.05, 0) is 19.3 Å². The Bertz CT molecular complexity index is 76.5. The maximum Gasteiger partial charge on any atom is 0.0883 e. The van der Waals surface area contributed by atoms with E-state index in [4.69, 9.17) is 4.74 Å². The lowest BCUT2D eigenvalue weighted by Gasteiger charge is -2.28. The van der Waals surface area contributed by atoms with Gasteiger partial charge in [-0.3, -0.25) is 0 Å². The van der Waals surface area contributed by atoms with Crippen molar-refractivity contribution in [1.29, 1.82) is 0 Å². The minimum Gasteiger partial charge on any atom is -0.370 e. The second-order valence-corrected chi connectivity index (χ2v) is 5.88. The molecule has 1 unspecified atom stereocenters. The molecule has 1 saturated heterocycles. The lowest BCUT2D eigenvalue weighted by atomic mass is 10.2. The highest BCUT2D eigenvalue weighted by molar-refractivity contribution is 7.83. The quantitative estimate of drug-likeness (QED) is 0.380. The molecule has 0 N–H and O–H groups in total. The SMILES string of the molecule is [SiH3]C1(S)CCCCO1. The molecule has 0 aromatic rings. The summed E-state index contributed by atoms with van der Waals surface area (Å²) in [4.78, 5) is 0. The summed E-state index contributed by atoms with van der Waals surface area (Å²) in [6, 6.07) is 0. The Kier molecular flexibility index (Phi) is 2.00. The van der Waals surface area contributed by atoms with E-state index in [9.17, 15) is 0 Å². The molecule has 8 heavy (non-hydrogen) atoms. The highest BCUT2D eigenvalue weighted by Gasteiger charge is 2.21. The van der Waals surface area contributed by atoms with Gasteiger partial charge in [0, 0.05) is 6.61 Å². The second-order valence-electron chi connectivity index (χ2n) is 2.48. The molecule has 48 valence electrons. The number of ether oxygens (including phenoxy) is 1. The number of thiol groups is 1. The van der Waals surface area contributed by atoms with Crippen LogP contribution in [-0.4, -0.2) is 21.4 Å². The molecule has 1 heterocycles. The second kappa shape index (κ2) is 2.41. The molecule has 1 aliphatic heterocycles. The van der Waals surface area contributed by atoms with Crippen LogP contribution in [0.25, 0.3) is 0 Å². The zero-order valence-corrected chi connectivity index (χ0v) is 8.08. The molecular formula is C5H12OSSi. The van der Waals surface area contributed by atoms with Gasteiger partial charge in [0.1, 0.15) is 0 Å². The standard InChI is InChI=1S/C5H12OSSi/c7-5(8)3-1-2-4-6-5/h7H,1-4H2,8H3. The van der Waals surface area contributed by atoms with Crippen molar-refractivity contribution in [3.05, 3.63) is 0 Å². The van der Waals surface area contributed by atoms with Crippen molar-refractivity contribution in [3.63, 3.8) is 0 Å². The smallest absolute Gasteiger partial charge is 0.0883 e. The first-order valence-electron chi connectivity index (χ1n) is 3.07. The lowest BCUT2D eigenvalue weighted by Crippen LogP contribution is -2.30. The Morgan fingerprint density at radius 1 is 1.50 bits per heavy atom. The predicted molar refractivity (Wildman–Crippen MR) is 41.5 cm³/mol. The van der Waals surface area contributed by atoms with Crippen LogP contribution in [0.3, 0.4) is 0 Å². The molecule has 1 fully saturated rings. The normalized spacial score (nSPS) is 40.1. The first-order chi connectivity index (χ1) is 3.71. The van der Waals surface area contributed by atoms with Crippen molar-refractivity contribution in [3.8, 4) is 0 Å². The van der Waals surface area contributed by atoms with Gasteiger partial charge >= 0.3 is 0 Å². The van der Waals surface area contributed by atoms with Gasteiger partial charge in [-0.1, -0.05) is 0 Å². The minimum absolute atomic E-state index is 0.0122. The van der Waals surface area contributed by atoms with Crippen molar-refractivity contribution in [1.82, 2.24) is 0 Å². The van der Waals surface area contributed by atoms with Crippen LogP contribution in [0.2, 0.25) is 0 Å². The average molecular weight is 148 g/mol. The number of rotatable bonds is 0. The Morgan fingerprint density at radius 2 is 2.25 bits per heavy atom. The Labute approximate surface area is 58.6 Å². The molecular weight excluding hydrogens is 136 g/mol. The highest BCUT2D eigenvalue weighted by Crippen LogP contribution is 2.24. The van der Waals surface area contributed by atoms with E-state index in [1.165, 1.54) is 12.8 Å². The van der Waals surface area contributed by atoms with Crippen molar-refractivity contribution >= 4 is 22.9 Å². The summed E-state index contributed by atoms with van der Waals surface area (Å²) in [6.45, 7) is 0.924. The predicted octanol–water partition coefficient (Wildman–Crippen LogP) is 0.136. The molecule has 0 saturated carbocycles. The van der Waals surface area contributed by atoms with Crippen LogP contribution >= 0.6 is 12.6 Å². The molecule has 1 nitrogen and oxygen atoms in total. The summed E-state index contributed by atoms with van der Waals surface area (Å²) in [7, 11) is 1.05. The van der Waals surface area contributed by atoms with E-state index < -0.39 is 0 Å². The molecule has 1 rings (SSSR count). The molecule has 0 spiro atoms. The Hall–Kier alpha value is 0.527. The third-order valence-corrected chi connectivity index (χ3v) is 2.59. The van der Waals surface area contributed by atoms with Crippen LogP contribution in [0.15, 0.2) is 0 Å². The Morgan fingerprint density at radius 3 is 2.50 bits per heavy atom. The molecule has 0 bridgehead atoms. The van der Waals surface area contributed by atoms with E-state index in [0.717, 1.165) is 23.3 Å². The zero-order chi connectivity index (χ0) is 6.04. The summed E-state index contributed by atoms with van der Waals surface area (Å²) in [5.74, 6) is 0. The summed E-state index contributed by atoms with van der Waals surface area (Å²) >= 11 is 4.36. The van der Waals surface area contributed by atoms with Crippen LogP contribution in [0.5, 0.6) is 0 Å². The third kappa shape index (κ3) is 1.80. The topological polar surface area (TPSA) is 9.23 Å². The van der Waals surface area contributed by atoms with Gasteiger partial charge in [-0.25, -0.2) is 0 Å². The third-order valence-electron chi connectivity index (χ3n) is 1.45. The van der Waals surface area contributed by atoms with Gasteiger partial charge in [0.2, 0.25) is 0 Å². The summed E-state index contributed by atoms with van der Waals surface area (Å²) in [6.07, 6.45) is 3.68. The largest absolute Gasteiger partial charge is 0.370 e. The first kappa shape index (κ1) is 6.64. The summed E-state index contributed by atoms with van der Waals surface area (Å²) < 4.78 is 5.40. The minimum atomic E-state index is 0.0122. The van der Waals surface area contributed by atoms with E-state index in [2.05, 4.69) is 12.6 Å². The fourth-order valence-corrected chi connectivity index (χ4v) is 1.73. The summed E-state index contributed by atoms with van der Waals surface area (Å²) in [5.41, 5.74) is 0. The van der Waals surface area contributed by atoms with Gasteiger partial charge in [0.05, 0.1) is 14.8 Å². The maximum absolute atomic E-state index is 5.39.